The number of hydrogen-bond acceptors (Lipinski definition) is 3. The molecule has 0 aliphatic rings. The summed E-state index contributed by atoms with van der Waals surface area (Å²) in [5.74, 6) is -0.300. The van der Waals surface area contributed by atoms with Gasteiger partial charge < -0.3 is 4.74 Å². The number of aromatic nitrogens is 2. The highest BCUT2D eigenvalue weighted by atomic mass is 16.5. The second-order valence-electron chi connectivity index (χ2n) is 4.42. The SMILES string of the molecule is CCOC(=O)c1ccc(-c2n[nH]c3ccccc23)cc1. The average Bonchev–Trinajstić information content (AvgIpc) is 2.92. The van der Waals surface area contributed by atoms with E-state index < -0.39 is 0 Å². The lowest BCUT2D eigenvalue weighted by atomic mass is 10.1. The summed E-state index contributed by atoms with van der Waals surface area (Å²) in [6, 6.07) is 15.2. The molecule has 0 saturated heterocycles. The van der Waals surface area contributed by atoms with Crippen LogP contribution >= 0.6 is 0 Å². The maximum absolute atomic E-state index is 11.6. The molecule has 0 unspecified atom stereocenters. The van der Waals surface area contributed by atoms with Crippen molar-refractivity contribution in [3.8, 4) is 11.3 Å². The third-order valence-electron chi connectivity index (χ3n) is 3.14. The maximum atomic E-state index is 11.6. The highest BCUT2D eigenvalue weighted by molar-refractivity contribution is 5.94. The highest BCUT2D eigenvalue weighted by Gasteiger charge is 2.10. The first-order valence-electron chi connectivity index (χ1n) is 6.50. The molecule has 4 heteroatoms. The van der Waals surface area contributed by atoms with Crippen molar-refractivity contribution in [1.82, 2.24) is 10.2 Å². The predicted molar refractivity (Wildman–Crippen MR) is 77.5 cm³/mol. The van der Waals surface area contributed by atoms with Crippen molar-refractivity contribution in [2.45, 2.75) is 6.92 Å². The molecule has 0 aliphatic heterocycles. The van der Waals surface area contributed by atoms with E-state index in [0.717, 1.165) is 22.2 Å². The molecular weight excluding hydrogens is 252 g/mol. The summed E-state index contributed by atoms with van der Waals surface area (Å²) >= 11 is 0. The largest absolute Gasteiger partial charge is 0.462 e. The molecule has 0 aliphatic carbocycles. The van der Waals surface area contributed by atoms with E-state index in [1.807, 2.05) is 36.4 Å². The van der Waals surface area contributed by atoms with Gasteiger partial charge in [-0.1, -0.05) is 30.3 Å². The summed E-state index contributed by atoms with van der Waals surface area (Å²) in [5.41, 5.74) is 3.40. The normalized spacial score (nSPS) is 10.7. The van der Waals surface area contributed by atoms with Gasteiger partial charge in [0.05, 0.1) is 23.4 Å². The van der Waals surface area contributed by atoms with Crippen molar-refractivity contribution in [1.29, 1.82) is 0 Å². The van der Waals surface area contributed by atoms with E-state index in [4.69, 9.17) is 4.74 Å². The maximum Gasteiger partial charge on any atom is 0.338 e. The molecule has 0 spiro atoms. The molecule has 0 saturated carbocycles. The van der Waals surface area contributed by atoms with E-state index in [-0.39, 0.29) is 5.97 Å². The molecule has 1 N–H and O–H groups in total. The van der Waals surface area contributed by atoms with Crippen LogP contribution in [0.15, 0.2) is 48.5 Å². The summed E-state index contributed by atoms with van der Waals surface area (Å²) in [6.07, 6.45) is 0. The molecule has 0 fully saturated rings. The number of aromatic amines is 1. The zero-order valence-corrected chi connectivity index (χ0v) is 11.1. The van der Waals surface area contributed by atoms with Crippen LogP contribution in [0.5, 0.6) is 0 Å². The highest BCUT2D eigenvalue weighted by Crippen LogP contribution is 2.26. The van der Waals surface area contributed by atoms with Gasteiger partial charge in [-0.15, -0.1) is 0 Å². The summed E-state index contributed by atoms with van der Waals surface area (Å²) in [6.45, 7) is 2.17. The number of H-pyrrole nitrogens is 1. The van der Waals surface area contributed by atoms with E-state index >= 15 is 0 Å². The van der Waals surface area contributed by atoms with Crippen molar-refractivity contribution in [3.05, 3.63) is 54.1 Å². The molecule has 0 bridgehead atoms. The molecule has 2 aromatic carbocycles. The summed E-state index contributed by atoms with van der Waals surface area (Å²) in [7, 11) is 0. The van der Waals surface area contributed by atoms with Crippen LogP contribution in [-0.4, -0.2) is 22.8 Å². The quantitative estimate of drug-likeness (QED) is 0.739. The third-order valence-corrected chi connectivity index (χ3v) is 3.14. The van der Waals surface area contributed by atoms with Gasteiger partial charge in [-0.3, -0.25) is 5.10 Å². The van der Waals surface area contributed by atoms with E-state index in [2.05, 4.69) is 10.2 Å². The molecule has 20 heavy (non-hydrogen) atoms. The van der Waals surface area contributed by atoms with E-state index in [9.17, 15) is 4.79 Å². The van der Waals surface area contributed by atoms with Gasteiger partial charge in [0, 0.05) is 10.9 Å². The van der Waals surface area contributed by atoms with Crippen LogP contribution in [0.4, 0.5) is 0 Å². The lowest BCUT2D eigenvalue weighted by Crippen LogP contribution is -2.04. The topological polar surface area (TPSA) is 55.0 Å². The summed E-state index contributed by atoms with van der Waals surface area (Å²) in [5, 5.41) is 8.40. The number of hydrogen-bond donors (Lipinski definition) is 1. The van der Waals surface area contributed by atoms with Gasteiger partial charge in [0.15, 0.2) is 0 Å². The number of ether oxygens (including phenoxy) is 1. The van der Waals surface area contributed by atoms with Crippen LogP contribution in [0.2, 0.25) is 0 Å². The number of carbonyl (C=O) groups excluding carboxylic acids is 1. The molecule has 4 nitrogen and oxygen atoms in total. The van der Waals surface area contributed by atoms with Gasteiger partial charge in [-0.05, 0) is 25.1 Å². The molecule has 3 aromatic rings. The minimum Gasteiger partial charge on any atom is -0.462 e. The van der Waals surface area contributed by atoms with Gasteiger partial charge in [0.2, 0.25) is 0 Å². The third kappa shape index (κ3) is 2.16. The Morgan fingerprint density at radius 2 is 1.90 bits per heavy atom. The van der Waals surface area contributed by atoms with Gasteiger partial charge in [-0.2, -0.15) is 5.10 Å². The molecule has 0 radical (unpaired) electrons. The summed E-state index contributed by atoms with van der Waals surface area (Å²) in [4.78, 5) is 11.6. The van der Waals surface area contributed by atoms with E-state index in [1.165, 1.54) is 0 Å². The van der Waals surface area contributed by atoms with Crippen molar-refractivity contribution in [2.24, 2.45) is 0 Å². The monoisotopic (exact) mass is 266 g/mol. The standard InChI is InChI=1S/C16H14N2O2/c1-2-20-16(19)12-9-7-11(8-10-12)15-13-5-3-4-6-14(13)17-18-15/h3-10H,2H2,1H3,(H,17,18). The molecule has 3 rings (SSSR count). The number of nitrogens with one attached hydrogen (secondary N) is 1. The first kappa shape index (κ1) is 12.4. The minimum absolute atomic E-state index is 0.300. The van der Waals surface area contributed by atoms with E-state index in [0.29, 0.717) is 12.2 Å². The fraction of sp³-hybridized carbons (Fsp3) is 0.125. The number of fused-ring (bicyclic) bond motifs is 1. The second-order valence-corrected chi connectivity index (χ2v) is 4.42. The van der Waals surface area contributed by atoms with Crippen molar-refractivity contribution in [3.63, 3.8) is 0 Å². The Bertz CT molecular complexity index is 745. The number of esters is 1. The van der Waals surface area contributed by atoms with Crippen LogP contribution in [0.1, 0.15) is 17.3 Å². The lowest BCUT2D eigenvalue weighted by Gasteiger charge is -2.03. The summed E-state index contributed by atoms with van der Waals surface area (Å²) < 4.78 is 4.97. The second kappa shape index (κ2) is 5.17. The van der Waals surface area contributed by atoms with Crippen molar-refractivity contribution >= 4 is 16.9 Å². The zero-order valence-electron chi connectivity index (χ0n) is 11.1. The van der Waals surface area contributed by atoms with Gasteiger partial charge in [0.25, 0.3) is 0 Å². The molecule has 1 aromatic heterocycles. The predicted octanol–water partition coefficient (Wildman–Crippen LogP) is 3.41. The van der Waals surface area contributed by atoms with Gasteiger partial charge in [0.1, 0.15) is 0 Å². The van der Waals surface area contributed by atoms with Gasteiger partial charge in [-0.25, -0.2) is 4.79 Å². The van der Waals surface area contributed by atoms with Crippen molar-refractivity contribution in [2.75, 3.05) is 6.61 Å². The Morgan fingerprint density at radius 1 is 1.15 bits per heavy atom. The molecule has 100 valence electrons. The number of para-hydroxylation sites is 1. The van der Waals surface area contributed by atoms with Gasteiger partial charge >= 0.3 is 5.97 Å². The number of benzene rings is 2. The Balaban J connectivity index is 1.97. The Labute approximate surface area is 116 Å². The zero-order chi connectivity index (χ0) is 13.9. The van der Waals surface area contributed by atoms with Crippen LogP contribution in [-0.2, 0) is 4.74 Å². The van der Waals surface area contributed by atoms with Crippen molar-refractivity contribution < 1.29 is 9.53 Å². The molecule has 0 amide bonds. The van der Waals surface area contributed by atoms with Crippen LogP contribution in [0, 0.1) is 0 Å². The van der Waals surface area contributed by atoms with E-state index in [1.54, 1.807) is 19.1 Å². The minimum atomic E-state index is -0.300. The first-order chi connectivity index (χ1) is 9.79. The average molecular weight is 266 g/mol. The van der Waals surface area contributed by atoms with Crippen LogP contribution < -0.4 is 0 Å². The number of rotatable bonds is 3. The Morgan fingerprint density at radius 3 is 2.65 bits per heavy atom. The molecular formula is C16H14N2O2. The molecule has 1 heterocycles. The smallest absolute Gasteiger partial charge is 0.338 e. The lowest BCUT2D eigenvalue weighted by molar-refractivity contribution is 0.0526. The van der Waals surface area contributed by atoms with Crippen LogP contribution in [0.25, 0.3) is 22.2 Å². The number of carbonyl (C=O) groups is 1. The van der Waals surface area contributed by atoms with Crippen LogP contribution in [0.3, 0.4) is 0 Å². The Kier molecular flexibility index (Phi) is 3.21. The fourth-order valence-electron chi connectivity index (χ4n) is 2.16. The first-order valence-corrected chi connectivity index (χ1v) is 6.50. The molecule has 0 atom stereocenters. The fourth-order valence-corrected chi connectivity index (χ4v) is 2.16. The Hall–Kier alpha value is -2.62. The number of nitrogens with zero attached hydrogens (tertiary/aromatic N) is 1.